The van der Waals surface area contributed by atoms with Gasteiger partial charge in [0, 0.05) is 38.2 Å². The van der Waals surface area contributed by atoms with Crippen LogP contribution in [0.15, 0.2) is 17.3 Å². The molecule has 7 nitrogen and oxygen atoms in total. The van der Waals surface area contributed by atoms with E-state index < -0.39 is 21.9 Å². The van der Waals surface area contributed by atoms with Gasteiger partial charge in [0.05, 0.1) is 6.20 Å². The quantitative estimate of drug-likeness (QED) is 0.672. The summed E-state index contributed by atoms with van der Waals surface area (Å²) in [6.07, 6.45) is 3.65. The van der Waals surface area contributed by atoms with Gasteiger partial charge in [-0.05, 0) is 12.8 Å². The number of carboxylic acid groups (broad SMARTS) is 1. The van der Waals surface area contributed by atoms with Gasteiger partial charge in [0.1, 0.15) is 4.90 Å². The predicted octanol–water partition coefficient (Wildman–Crippen LogP) is -1.43. The average Bonchev–Trinajstić information content (AvgIpc) is 2.77. The molecule has 18 heavy (non-hydrogen) atoms. The van der Waals surface area contributed by atoms with E-state index in [1.165, 1.54) is 21.4 Å². The summed E-state index contributed by atoms with van der Waals surface area (Å²) in [5.74, 6) is -1.92. The lowest BCUT2D eigenvalue weighted by molar-refractivity contribution is -0.312. The smallest absolute Gasteiger partial charge is 0.246 e. The Morgan fingerprint density at radius 2 is 2.28 bits per heavy atom. The molecule has 1 aromatic heterocycles. The Morgan fingerprint density at radius 3 is 2.83 bits per heavy atom. The van der Waals surface area contributed by atoms with Gasteiger partial charge in [0.15, 0.2) is 0 Å². The number of hydrogen-bond acceptors (Lipinski definition) is 5. The van der Waals surface area contributed by atoms with Gasteiger partial charge in [0.25, 0.3) is 0 Å². The van der Waals surface area contributed by atoms with E-state index in [1.54, 1.807) is 7.05 Å². The number of hydrogen-bond donors (Lipinski definition) is 0. The molecule has 1 atom stereocenters. The van der Waals surface area contributed by atoms with Gasteiger partial charge in [-0.3, -0.25) is 4.68 Å². The molecule has 8 heteroatoms. The molecule has 1 saturated heterocycles. The van der Waals surface area contributed by atoms with Crippen LogP contribution in [0.3, 0.4) is 0 Å². The van der Waals surface area contributed by atoms with Crippen molar-refractivity contribution in [2.24, 2.45) is 13.0 Å². The molecule has 0 amide bonds. The van der Waals surface area contributed by atoms with Crippen molar-refractivity contribution < 1.29 is 18.3 Å². The molecular weight excluding hydrogens is 258 g/mol. The highest BCUT2D eigenvalue weighted by atomic mass is 32.2. The molecule has 2 rings (SSSR count). The van der Waals surface area contributed by atoms with Gasteiger partial charge < -0.3 is 9.90 Å². The number of aromatic nitrogens is 2. The van der Waals surface area contributed by atoms with E-state index in [0.29, 0.717) is 19.4 Å². The highest BCUT2D eigenvalue weighted by Gasteiger charge is 2.31. The molecule has 0 unspecified atom stereocenters. The second kappa shape index (κ2) is 4.69. The zero-order valence-corrected chi connectivity index (χ0v) is 10.8. The largest absolute Gasteiger partial charge is 0.550 e. The fourth-order valence-electron chi connectivity index (χ4n) is 2.03. The minimum atomic E-state index is -3.65. The maximum atomic E-state index is 12.2. The van der Waals surface area contributed by atoms with E-state index >= 15 is 0 Å². The van der Waals surface area contributed by atoms with Crippen LogP contribution in [-0.4, -0.2) is 41.6 Å². The molecule has 1 aromatic rings. The zero-order chi connectivity index (χ0) is 13.3. The third-order valence-electron chi connectivity index (χ3n) is 3.04. The van der Waals surface area contributed by atoms with Crippen molar-refractivity contribution in [2.45, 2.75) is 17.7 Å². The summed E-state index contributed by atoms with van der Waals surface area (Å²) in [7, 11) is -2.02. The standard InChI is InChI=1S/C10H15N3O4S/c1-12-7-9(5-11-12)18(16,17)13-4-2-3-8(6-13)10(14)15/h5,7-8H,2-4,6H2,1H3,(H,14,15)/p-1/t8-/m0/s1. The fourth-order valence-corrected chi connectivity index (χ4v) is 3.54. The van der Waals surface area contributed by atoms with Crippen molar-refractivity contribution in [3.8, 4) is 0 Å². The first kappa shape index (κ1) is 13.0. The number of rotatable bonds is 3. The van der Waals surface area contributed by atoms with Crippen LogP contribution < -0.4 is 5.11 Å². The maximum Gasteiger partial charge on any atom is 0.246 e. The topological polar surface area (TPSA) is 95.3 Å². The number of carbonyl (C=O) groups excluding carboxylic acids is 1. The molecule has 0 bridgehead atoms. The monoisotopic (exact) mass is 272 g/mol. The van der Waals surface area contributed by atoms with E-state index in [-0.39, 0.29) is 11.4 Å². The van der Waals surface area contributed by atoms with Gasteiger partial charge >= 0.3 is 0 Å². The first-order valence-electron chi connectivity index (χ1n) is 5.61. The highest BCUT2D eigenvalue weighted by molar-refractivity contribution is 7.89. The molecule has 2 heterocycles. The van der Waals surface area contributed by atoms with Crippen molar-refractivity contribution in [3.05, 3.63) is 12.4 Å². The van der Waals surface area contributed by atoms with Crippen LogP contribution in [0, 0.1) is 5.92 Å². The predicted molar refractivity (Wildman–Crippen MR) is 59.7 cm³/mol. The number of sulfonamides is 1. The molecule has 1 aliphatic heterocycles. The Morgan fingerprint density at radius 1 is 1.56 bits per heavy atom. The van der Waals surface area contributed by atoms with Crippen LogP contribution in [0.4, 0.5) is 0 Å². The lowest BCUT2D eigenvalue weighted by Gasteiger charge is -2.31. The van der Waals surface area contributed by atoms with Gasteiger partial charge in [-0.25, -0.2) is 8.42 Å². The first-order chi connectivity index (χ1) is 8.41. The number of aliphatic carboxylic acids is 1. The maximum absolute atomic E-state index is 12.2. The van der Waals surface area contributed by atoms with Crippen LogP contribution in [0.5, 0.6) is 0 Å². The Balaban J connectivity index is 2.22. The molecule has 0 saturated carbocycles. The second-order valence-corrected chi connectivity index (χ2v) is 6.31. The fraction of sp³-hybridized carbons (Fsp3) is 0.600. The van der Waals surface area contributed by atoms with Gasteiger partial charge in [-0.15, -0.1) is 0 Å². The van der Waals surface area contributed by atoms with Crippen molar-refractivity contribution in [1.29, 1.82) is 0 Å². The van der Waals surface area contributed by atoms with E-state index in [2.05, 4.69) is 5.10 Å². The number of piperidine rings is 1. The molecule has 0 aliphatic carbocycles. The number of carbonyl (C=O) groups is 1. The molecular formula is C10H14N3O4S-. The molecule has 0 aromatic carbocycles. The normalized spacial score (nSPS) is 21.9. The molecule has 0 N–H and O–H groups in total. The van der Waals surface area contributed by atoms with E-state index in [4.69, 9.17) is 0 Å². The summed E-state index contributed by atoms with van der Waals surface area (Å²) in [4.78, 5) is 10.9. The van der Waals surface area contributed by atoms with Gasteiger partial charge in [-0.2, -0.15) is 9.40 Å². The SMILES string of the molecule is Cn1cc(S(=O)(=O)N2CCC[C@H](C(=O)[O-])C2)cn1. The summed E-state index contributed by atoms with van der Waals surface area (Å²) >= 11 is 0. The Bertz CT molecular complexity index is 551. The van der Waals surface area contributed by atoms with Crippen LogP contribution in [0.25, 0.3) is 0 Å². The third kappa shape index (κ3) is 2.39. The molecule has 100 valence electrons. The number of nitrogens with zero attached hydrogens (tertiary/aromatic N) is 3. The van der Waals surface area contributed by atoms with Crippen LogP contribution in [0.1, 0.15) is 12.8 Å². The Kier molecular flexibility index (Phi) is 3.40. The molecule has 0 radical (unpaired) electrons. The summed E-state index contributed by atoms with van der Waals surface area (Å²) in [6, 6.07) is 0. The van der Waals surface area contributed by atoms with Crippen molar-refractivity contribution in [1.82, 2.24) is 14.1 Å². The highest BCUT2D eigenvalue weighted by Crippen LogP contribution is 2.22. The summed E-state index contributed by atoms with van der Waals surface area (Å²) in [5, 5.41) is 14.6. The second-order valence-electron chi connectivity index (χ2n) is 4.37. The third-order valence-corrected chi connectivity index (χ3v) is 4.85. The first-order valence-corrected chi connectivity index (χ1v) is 7.05. The number of carboxylic acids is 1. The minimum absolute atomic E-state index is 0.0282. The Hall–Kier alpha value is -1.41. The molecule has 0 spiro atoms. The molecule has 1 aliphatic rings. The lowest BCUT2D eigenvalue weighted by Crippen LogP contribution is -2.46. The minimum Gasteiger partial charge on any atom is -0.550 e. The van der Waals surface area contributed by atoms with Crippen molar-refractivity contribution in [2.75, 3.05) is 13.1 Å². The van der Waals surface area contributed by atoms with E-state index in [0.717, 1.165) is 0 Å². The van der Waals surface area contributed by atoms with Crippen LogP contribution in [-0.2, 0) is 21.9 Å². The average molecular weight is 272 g/mol. The zero-order valence-electron chi connectivity index (χ0n) is 9.94. The van der Waals surface area contributed by atoms with Crippen molar-refractivity contribution >= 4 is 16.0 Å². The summed E-state index contributed by atoms with van der Waals surface area (Å²) < 4.78 is 27.0. The summed E-state index contributed by atoms with van der Waals surface area (Å²) in [6.45, 7) is 0.306. The van der Waals surface area contributed by atoms with Crippen LogP contribution >= 0.6 is 0 Å². The van der Waals surface area contributed by atoms with Crippen molar-refractivity contribution in [3.63, 3.8) is 0 Å². The van der Waals surface area contributed by atoms with Crippen LogP contribution in [0.2, 0.25) is 0 Å². The molecule has 1 fully saturated rings. The summed E-state index contributed by atoms with van der Waals surface area (Å²) in [5.41, 5.74) is 0. The van der Waals surface area contributed by atoms with Gasteiger partial charge in [0.2, 0.25) is 10.0 Å². The van der Waals surface area contributed by atoms with Gasteiger partial charge in [-0.1, -0.05) is 0 Å². The van der Waals surface area contributed by atoms with E-state index in [9.17, 15) is 18.3 Å². The number of aryl methyl sites for hydroxylation is 1. The lowest BCUT2D eigenvalue weighted by atomic mass is 10.0. The van der Waals surface area contributed by atoms with E-state index in [1.807, 2.05) is 0 Å². The Labute approximate surface area is 105 Å².